The van der Waals surface area contributed by atoms with Gasteiger partial charge in [0.25, 0.3) is 0 Å². The lowest BCUT2D eigenvalue weighted by Gasteiger charge is -2.16. The summed E-state index contributed by atoms with van der Waals surface area (Å²) in [6, 6.07) is 7.82. The summed E-state index contributed by atoms with van der Waals surface area (Å²) >= 11 is -2.90. The summed E-state index contributed by atoms with van der Waals surface area (Å²) < 4.78 is 56.0. The molecule has 2 unspecified atom stereocenters. The second kappa shape index (κ2) is 4.76. The molecule has 0 bridgehead atoms. The molecule has 1 N–H and O–H groups in total. The van der Waals surface area contributed by atoms with Gasteiger partial charge in [-0.15, -0.1) is 0 Å². The monoisotopic (exact) mass is 238 g/mol. The average molecular weight is 238 g/mol. The van der Waals surface area contributed by atoms with Gasteiger partial charge in [-0.1, -0.05) is 30.3 Å². The molecule has 2 atom stereocenters. The van der Waals surface area contributed by atoms with Crippen LogP contribution in [0.5, 0.6) is 0 Å². The lowest BCUT2D eigenvalue weighted by atomic mass is 10.1. The molecule has 1 aromatic rings. The topological polar surface area (TPSA) is 37.3 Å². The highest BCUT2D eigenvalue weighted by Gasteiger charge is 2.43. The molecule has 6 heteroatoms. The maximum absolute atomic E-state index is 12.3. The maximum atomic E-state index is 12.3. The van der Waals surface area contributed by atoms with Gasteiger partial charge in [-0.2, -0.15) is 13.2 Å². The molecule has 1 rings (SSSR count). The summed E-state index contributed by atoms with van der Waals surface area (Å²) in [6.07, 6.45) is -5.14. The van der Waals surface area contributed by atoms with Crippen molar-refractivity contribution in [1.82, 2.24) is 0 Å². The molecule has 0 aromatic heterocycles. The van der Waals surface area contributed by atoms with Crippen LogP contribution >= 0.6 is 0 Å². The second-order valence-corrected chi connectivity index (χ2v) is 4.12. The van der Waals surface area contributed by atoms with Gasteiger partial charge in [0.1, 0.15) is 0 Å². The third kappa shape index (κ3) is 3.64. The zero-order valence-corrected chi connectivity index (χ0v) is 8.39. The van der Waals surface area contributed by atoms with E-state index in [4.69, 9.17) is 4.55 Å². The number of halogens is 3. The van der Waals surface area contributed by atoms with Crippen LogP contribution in [0.1, 0.15) is 5.56 Å². The van der Waals surface area contributed by atoms with Crippen molar-refractivity contribution in [2.75, 3.05) is 0 Å². The molecule has 0 radical (unpaired) electrons. The summed E-state index contributed by atoms with van der Waals surface area (Å²) in [7, 11) is 0. The van der Waals surface area contributed by atoms with Crippen molar-refractivity contribution in [3.05, 3.63) is 35.9 Å². The third-order valence-corrected chi connectivity index (χ3v) is 2.79. The van der Waals surface area contributed by atoms with E-state index < -0.39 is 28.9 Å². The van der Waals surface area contributed by atoms with E-state index in [2.05, 4.69) is 0 Å². The molecule has 0 saturated carbocycles. The van der Waals surface area contributed by atoms with Gasteiger partial charge in [0, 0.05) is 0 Å². The van der Waals surface area contributed by atoms with Gasteiger partial charge in [0.2, 0.25) is 0 Å². The first-order chi connectivity index (χ1) is 6.91. The first-order valence-electron chi connectivity index (χ1n) is 4.11. The van der Waals surface area contributed by atoms with E-state index in [9.17, 15) is 17.4 Å². The Balaban J connectivity index is 2.82. The van der Waals surface area contributed by atoms with Crippen LogP contribution in [0.2, 0.25) is 0 Å². The highest BCUT2D eigenvalue weighted by molar-refractivity contribution is 7.80. The van der Waals surface area contributed by atoms with Crippen molar-refractivity contribution in [2.24, 2.45) is 0 Å². The van der Waals surface area contributed by atoms with E-state index in [1.165, 1.54) is 12.1 Å². The molecule has 0 fully saturated rings. The standard InChI is InChI=1S/C9H9F3O2S/c10-9(11,12)8(15(13)14)6-7-4-2-1-3-5-7/h1-5,8H,6H2,(H,13,14). The maximum Gasteiger partial charge on any atom is 0.405 e. The molecule has 0 aliphatic heterocycles. The fourth-order valence-corrected chi connectivity index (χ4v) is 1.69. The average Bonchev–Trinajstić information content (AvgIpc) is 2.13. The number of hydrogen-bond acceptors (Lipinski definition) is 1. The quantitative estimate of drug-likeness (QED) is 0.821. The second-order valence-electron chi connectivity index (χ2n) is 3.00. The fourth-order valence-electron chi connectivity index (χ4n) is 1.13. The molecule has 84 valence electrons. The van der Waals surface area contributed by atoms with Crippen LogP contribution in [0.3, 0.4) is 0 Å². The molecule has 15 heavy (non-hydrogen) atoms. The molecule has 0 amide bonds. The Morgan fingerprint density at radius 3 is 2.20 bits per heavy atom. The lowest BCUT2D eigenvalue weighted by Crippen LogP contribution is -2.34. The fraction of sp³-hybridized carbons (Fsp3) is 0.333. The Kier molecular flexibility index (Phi) is 3.87. The molecule has 0 aliphatic rings. The molecule has 0 spiro atoms. The zero-order valence-electron chi connectivity index (χ0n) is 7.57. The first kappa shape index (κ1) is 12.2. The molecule has 0 heterocycles. The third-order valence-electron chi connectivity index (χ3n) is 1.87. The van der Waals surface area contributed by atoms with Crippen molar-refractivity contribution in [3.63, 3.8) is 0 Å². The van der Waals surface area contributed by atoms with E-state index in [0.717, 1.165) is 0 Å². The Morgan fingerprint density at radius 1 is 1.27 bits per heavy atom. The Hall–Kier alpha value is -0.880. The predicted molar refractivity (Wildman–Crippen MR) is 50.8 cm³/mol. The minimum absolute atomic E-state index is 0.391. The Morgan fingerprint density at radius 2 is 1.80 bits per heavy atom. The van der Waals surface area contributed by atoms with Crippen LogP contribution < -0.4 is 0 Å². The summed E-state index contributed by atoms with van der Waals surface area (Å²) in [5.74, 6) is 0. The van der Waals surface area contributed by atoms with E-state index in [-0.39, 0.29) is 0 Å². The number of benzene rings is 1. The van der Waals surface area contributed by atoms with Gasteiger partial charge in [-0.25, -0.2) is 4.21 Å². The van der Waals surface area contributed by atoms with Crippen LogP contribution in [0.25, 0.3) is 0 Å². The van der Waals surface area contributed by atoms with Crippen LogP contribution in [0, 0.1) is 0 Å². The van der Waals surface area contributed by atoms with E-state index in [1.54, 1.807) is 18.2 Å². The number of hydrogen-bond donors (Lipinski definition) is 1. The highest BCUT2D eigenvalue weighted by Crippen LogP contribution is 2.26. The minimum atomic E-state index is -4.66. The van der Waals surface area contributed by atoms with Gasteiger partial charge in [-0.3, -0.25) is 0 Å². The summed E-state index contributed by atoms with van der Waals surface area (Å²) in [5, 5.41) is -2.22. The van der Waals surface area contributed by atoms with Gasteiger partial charge >= 0.3 is 6.18 Å². The van der Waals surface area contributed by atoms with E-state index in [0.29, 0.717) is 5.56 Å². The van der Waals surface area contributed by atoms with Gasteiger partial charge in [0.15, 0.2) is 16.3 Å². The summed E-state index contributed by atoms with van der Waals surface area (Å²) in [6.45, 7) is 0. The summed E-state index contributed by atoms with van der Waals surface area (Å²) in [4.78, 5) is 0. The van der Waals surface area contributed by atoms with Crippen LogP contribution in [0.15, 0.2) is 30.3 Å². The molecule has 2 nitrogen and oxygen atoms in total. The molecular formula is C9H9F3O2S. The number of alkyl halides is 3. The van der Waals surface area contributed by atoms with Crippen LogP contribution in [-0.2, 0) is 17.5 Å². The zero-order chi connectivity index (χ0) is 11.5. The van der Waals surface area contributed by atoms with Crippen molar-refractivity contribution >= 4 is 11.1 Å². The predicted octanol–water partition coefficient (Wildman–Crippen LogP) is 2.38. The molecule has 0 saturated heterocycles. The van der Waals surface area contributed by atoms with Gasteiger partial charge < -0.3 is 4.55 Å². The SMILES string of the molecule is O=S(O)C(Cc1ccccc1)C(F)(F)F. The van der Waals surface area contributed by atoms with Gasteiger partial charge in [-0.05, 0) is 12.0 Å². The molecule has 1 aromatic carbocycles. The van der Waals surface area contributed by atoms with Crippen molar-refractivity contribution in [2.45, 2.75) is 17.8 Å². The van der Waals surface area contributed by atoms with Crippen LogP contribution in [0.4, 0.5) is 13.2 Å². The smallest absolute Gasteiger partial charge is 0.306 e. The summed E-state index contributed by atoms with van der Waals surface area (Å²) in [5.41, 5.74) is 0.391. The Bertz CT molecular complexity index is 337. The normalized spacial score (nSPS) is 16.0. The minimum Gasteiger partial charge on any atom is -0.306 e. The van der Waals surface area contributed by atoms with Crippen molar-refractivity contribution in [3.8, 4) is 0 Å². The van der Waals surface area contributed by atoms with E-state index in [1.807, 2.05) is 0 Å². The van der Waals surface area contributed by atoms with Crippen molar-refractivity contribution in [1.29, 1.82) is 0 Å². The van der Waals surface area contributed by atoms with Crippen LogP contribution in [-0.4, -0.2) is 20.2 Å². The highest BCUT2D eigenvalue weighted by atomic mass is 32.2. The molecular weight excluding hydrogens is 229 g/mol. The number of rotatable bonds is 3. The first-order valence-corrected chi connectivity index (χ1v) is 5.28. The van der Waals surface area contributed by atoms with Crippen molar-refractivity contribution < 1.29 is 21.9 Å². The van der Waals surface area contributed by atoms with Gasteiger partial charge in [0.05, 0.1) is 0 Å². The largest absolute Gasteiger partial charge is 0.405 e. The Labute approximate surface area is 87.4 Å². The lowest BCUT2D eigenvalue weighted by molar-refractivity contribution is -0.130. The molecule has 0 aliphatic carbocycles. The van der Waals surface area contributed by atoms with E-state index >= 15 is 0 Å².